The lowest BCUT2D eigenvalue weighted by Crippen LogP contribution is -2.15. The van der Waals surface area contributed by atoms with E-state index in [0.717, 1.165) is 43.9 Å². The summed E-state index contributed by atoms with van der Waals surface area (Å²) < 4.78 is 0. The van der Waals surface area contributed by atoms with E-state index in [9.17, 15) is 0 Å². The lowest BCUT2D eigenvalue weighted by molar-refractivity contribution is 0.657. The van der Waals surface area contributed by atoms with Crippen molar-refractivity contribution in [1.29, 1.82) is 0 Å². The van der Waals surface area contributed by atoms with E-state index < -0.39 is 0 Å². The third kappa shape index (κ3) is 3.01. The van der Waals surface area contributed by atoms with E-state index >= 15 is 0 Å². The van der Waals surface area contributed by atoms with Gasteiger partial charge in [-0.15, -0.1) is 11.3 Å². The summed E-state index contributed by atoms with van der Waals surface area (Å²) in [7, 11) is 0. The molecule has 2 heterocycles. The Morgan fingerprint density at radius 1 is 1.25 bits per heavy atom. The van der Waals surface area contributed by atoms with Crippen molar-refractivity contribution in [2.24, 2.45) is 0 Å². The molecule has 0 bridgehead atoms. The summed E-state index contributed by atoms with van der Waals surface area (Å²) in [4.78, 5) is 10.9. The molecule has 1 N–H and O–H groups in total. The van der Waals surface area contributed by atoms with Crippen molar-refractivity contribution in [3.63, 3.8) is 0 Å². The molecule has 106 valence electrons. The fourth-order valence-electron chi connectivity index (χ4n) is 2.68. The zero-order valence-corrected chi connectivity index (χ0v) is 12.8. The van der Waals surface area contributed by atoms with Crippen LogP contribution in [0.15, 0.2) is 17.5 Å². The third-order valence-electron chi connectivity index (χ3n) is 3.68. The summed E-state index contributed by atoms with van der Waals surface area (Å²) in [6.07, 6.45) is 6.73. The van der Waals surface area contributed by atoms with Gasteiger partial charge in [0, 0.05) is 29.1 Å². The van der Waals surface area contributed by atoms with Crippen LogP contribution in [0.2, 0.25) is 0 Å². The summed E-state index contributed by atoms with van der Waals surface area (Å²) in [5.41, 5.74) is 2.64. The van der Waals surface area contributed by atoms with Gasteiger partial charge in [-0.25, -0.2) is 9.97 Å². The van der Waals surface area contributed by atoms with E-state index in [2.05, 4.69) is 29.8 Å². The maximum atomic E-state index is 4.81. The average molecular weight is 287 g/mol. The first-order valence-corrected chi connectivity index (χ1v) is 8.39. The van der Waals surface area contributed by atoms with Gasteiger partial charge in [-0.05, 0) is 43.6 Å². The zero-order valence-electron chi connectivity index (χ0n) is 12.0. The van der Waals surface area contributed by atoms with E-state index in [1.807, 2.05) is 0 Å². The smallest absolute Gasteiger partial charge is 0.136 e. The SMILES string of the molecule is CCCNc1nc(Cc2cccs2)nc2c1CCCC2. The number of rotatable bonds is 5. The van der Waals surface area contributed by atoms with Gasteiger partial charge in [0.05, 0.1) is 0 Å². The fourth-order valence-corrected chi connectivity index (χ4v) is 3.38. The van der Waals surface area contributed by atoms with Crippen LogP contribution in [0.4, 0.5) is 5.82 Å². The number of anilines is 1. The van der Waals surface area contributed by atoms with E-state index in [-0.39, 0.29) is 0 Å². The highest BCUT2D eigenvalue weighted by molar-refractivity contribution is 7.09. The first kappa shape index (κ1) is 13.6. The fraction of sp³-hybridized carbons (Fsp3) is 0.500. The molecule has 3 nitrogen and oxygen atoms in total. The first-order chi connectivity index (χ1) is 9.86. The Morgan fingerprint density at radius 2 is 2.15 bits per heavy atom. The van der Waals surface area contributed by atoms with Crippen LogP contribution < -0.4 is 5.32 Å². The predicted molar refractivity (Wildman–Crippen MR) is 84.6 cm³/mol. The number of hydrogen-bond acceptors (Lipinski definition) is 4. The van der Waals surface area contributed by atoms with Gasteiger partial charge in [-0.3, -0.25) is 0 Å². The second-order valence-corrected chi connectivity index (χ2v) is 6.34. The van der Waals surface area contributed by atoms with Gasteiger partial charge in [0.2, 0.25) is 0 Å². The number of nitrogens with one attached hydrogen (secondary N) is 1. The minimum atomic E-state index is 0.853. The van der Waals surface area contributed by atoms with E-state index in [0.29, 0.717) is 0 Å². The number of hydrogen-bond donors (Lipinski definition) is 1. The van der Waals surface area contributed by atoms with Crippen molar-refractivity contribution >= 4 is 17.2 Å². The Balaban J connectivity index is 1.90. The molecule has 1 aliphatic carbocycles. The molecule has 0 fully saturated rings. The van der Waals surface area contributed by atoms with Crippen molar-refractivity contribution < 1.29 is 0 Å². The molecule has 0 radical (unpaired) electrons. The zero-order chi connectivity index (χ0) is 13.8. The molecule has 0 aromatic carbocycles. The van der Waals surface area contributed by atoms with Crippen molar-refractivity contribution in [3.05, 3.63) is 39.5 Å². The molecule has 0 atom stereocenters. The van der Waals surface area contributed by atoms with Crippen LogP contribution in [0.25, 0.3) is 0 Å². The predicted octanol–water partition coefficient (Wildman–Crippen LogP) is 3.83. The normalized spacial score (nSPS) is 14.1. The number of aryl methyl sites for hydroxylation is 1. The Morgan fingerprint density at radius 3 is 2.95 bits per heavy atom. The summed E-state index contributed by atoms with van der Waals surface area (Å²) in [6.45, 7) is 3.18. The molecular formula is C16H21N3S. The van der Waals surface area contributed by atoms with Crippen LogP contribution in [0.1, 0.15) is 48.1 Å². The minimum Gasteiger partial charge on any atom is -0.370 e. The van der Waals surface area contributed by atoms with Crippen molar-refractivity contribution in [2.75, 3.05) is 11.9 Å². The molecule has 0 saturated carbocycles. The molecule has 0 spiro atoms. The van der Waals surface area contributed by atoms with Crippen LogP contribution in [0.3, 0.4) is 0 Å². The molecule has 1 aliphatic rings. The summed E-state index contributed by atoms with van der Waals surface area (Å²) in [5, 5.41) is 5.61. The van der Waals surface area contributed by atoms with Gasteiger partial charge in [0.25, 0.3) is 0 Å². The van der Waals surface area contributed by atoms with E-state index in [1.54, 1.807) is 11.3 Å². The Bertz CT molecular complexity index is 563. The number of aromatic nitrogens is 2. The molecule has 0 aliphatic heterocycles. The largest absolute Gasteiger partial charge is 0.370 e. The Labute approximate surface area is 124 Å². The molecule has 0 saturated heterocycles. The molecule has 20 heavy (non-hydrogen) atoms. The van der Waals surface area contributed by atoms with Gasteiger partial charge < -0.3 is 5.32 Å². The molecule has 3 rings (SSSR count). The van der Waals surface area contributed by atoms with Crippen molar-refractivity contribution in [3.8, 4) is 0 Å². The Kier molecular flexibility index (Phi) is 4.31. The van der Waals surface area contributed by atoms with Crippen molar-refractivity contribution in [1.82, 2.24) is 9.97 Å². The van der Waals surface area contributed by atoms with Gasteiger partial charge in [-0.2, -0.15) is 0 Å². The van der Waals surface area contributed by atoms with E-state index in [1.165, 1.54) is 29.0 Å². The molecule has 4 heteroatoms. The second-order valence-electron chi connectivity index (χ2n) is 5.30. The summed E-state index contributed by atoms with van der Waals surface area (Å²) >= 11 is 1.78. The summed E-state index contributed by atoms with van der Waals surface area (Å²) in [6, 6.07) is 4.25. The third-order valence-corrected chi connectivity index (χ3v) is 4.56. The molecule has 0 unspecified atom stereocenters. The Hall–Kier alpha value is -1.42. The lowest BCUT2D eigenvalue weighted by Gasteiger charge is -2.19. The number of fused-ring (bicyclic) bond motifs is 1. The highest BCUT2D eigenvalue weighted by atomic mass is 32.1. The summed E-state index contributed by atoms with van der Waals surface area (Å²) in [5.74, 6) is 2.05. The van der Waals surface area contributed by atoms with Crippen LogP contribution in [-0.4, -0.2) is 16.5 Å². The van der Waals surface area contributed by atoms with E-state index in [4.69, 9.17) is 9.97 Å². The van der Waals surface area contributed by atoms with Gasteiger partial charge >= 0.3 is 0 Å². The molecule has 2 aromatic rings. The van der Waals surface area contributed by atoms with Gasteiger partial charge in [-0.1, -0.05) is 13.0 Å². The maximum absolute atomic E-state index is 4.81. The highest BCUT2D eigenvalue weighted by Gasteiger charge is 2.17. The van der Waals surface area contributed by atoms with Crippen LogP contribution >= 0.6 is 11.3 Å². The average Bonchev–Trinajstić information content (AvgIpc) is 2.97. The molecule has 0 amide bonds. The lowest BCUT2D eigenvalue weighted by atomic mass is 9.96. The van der Waals surface area contributed by atoms with Crippen molar-refractivity contribution in [2.45, 2.75) is 45.4 Å². The highest BCUT2D eigenvalue weighted by Crippen LogP contribution is 2.26. The van der Waals surface area contributed by atoms with Gasteiger partial charge in [0.15, 0.2) is 0 Å². The minimum absolute atomic E-state index is 0.853. The molecule has 2 aromatic heterocycles. The quantitative estimate of drug-likeness (QED) is 0.908. The second kappa shape index (κ2) is 6.35. The monoisotopic (exact) mass is 287 g/mol. The topological polar surface area (TPSA) is 37.8 Å². The first-order valence-electron chi connectivity index (χ1n) is 7.51. The van der Waals surface area contributed by atoms with Crippen LogP contribution in [0, 0.1) is 0 Å². The van der Waals surface area contributed by atoms with Crippen LogP contribution in [-0.2, 0) is 19.3 Å². The maximum Gasteiger partial charge on any atom is 0.136 e. The number of nitrogens with zero attached hydrogens (tertiary/aromatic N) is 2. The van der Waals surface area contributed by atoms with Gasteiger partial charge in [0.1, 0.15) is 11.6 Å². The standard InChI is InChI=1S/C16H21N3S/c1-2-9-17-16-13-7-3-4-8-14(13)18-15(19-16)11-12-6-5-10-20-12/h5-6,10H,2-4,7-9,11H2,1H3,(H,17,18,19). The van der Waals surface area contributed by atoms with Crippen LogP contribution in [0.5, 0.6) is 0 Å². The molecular weight excluding hydrogens is 266 g/mol. The number of thiophene rings is 1.